The highest BCUT2D eigenvalue weighted by molar-refractivity contribution is 6.01. The molecular formula is C20H25F2N5O4. The summed E-state index contributed by atoms with van der Waals surface area (Å²) in [5.41, 5.74) is -1.18. The van der Waals surface area contributed by atoms with Crippen LogP contribution in [0.5, 0.6) is 5.88 Å². The minimum absolute atomic E-state index is 0.0135. The molecule has 2 heterocycles. The summed E-state index contributed by atoms with van der Waals surface area (Å²) in [4.78, 5) is 38.2. The van der Waals surface area contributed by atoms with Crippen LogP contribution >= 0.6 is 0 Å². The lowest BCUT2D eigenvalue weighted by atomic mass is 9.81. The number of carbonyl (C=O) groups excluding carboxylic acids is 2. The molecule has 0 spiro atoms. The van der Waals surface area contributed by atoms with Gasteiger partial charge in [0.1, 0.15) is 5.56 Å². The maximum Gasteiger partial charge on any atom is 0.291 e. The molecule has 31 heavy (non-hydrogen) atoms. The van der Waals surface area contributed by atoms with Crippen molar-refractivity contribution in [3.05, 3.63) is 27.7 Å². The molecule has 2 aliphatic carbocycles. The summed E-state index contributed by atoms with van der Waals surface area (Å²) >= 11 is 0. The van der Waals surface area contributed by atoms with E-state index in [0.29, 0.717) is 0 Å². The number of aromatic nitrogens is 3. The summed E-state index contributed by atoms with van der Waals surface area (Å²) in [5, 5.41) is 20.1. The molecule has 0 radical (unpaired) electrons. The lowest BCUT2D eigenvalue weighted by molar-refractivity contribution is -0.108. The number of hydrogen-bond donors (Lipinski definition) is 3. The Hall–Kier alpha value is -2.98. The van der Waals surface area contributed by atoms with Crippen molar-refractivity contribution < 1.29 is 23.5 Å². The number of hydrogen-bond acceptors (Lipinski definition) is 5. The van der Waals surface area contributed by atoms with Gasteiger partial charge < -0.3 is 15.7 Å². The second kappa shape index (κ2) is 7.61. The predicted octanol–water partition coefficient (Wildman–Crippen LogP) is 1.52. The number of fused-ring (bicyclic) bond motifs is 1. The van der Waals surface area contributed by atoms with Gasteiger partial charge in [0, 0.05) is 32.0 Å². The van der Waals surface area contributed by atoms with Gasteiger partial charge in [-0.25, -0.2) is 8.78 Å². The van der Waals surface area contributed by atoms with Gasteiger partial charge in [0.05, 0.1) is 6.20 Å². The van der Waals surface area contributed by atoms with E-state index in [-0.39, 0.29) is 55.0 Å². The molecule has 0 unspecified atom stereocenters. The van der Waals surface area contributed by atoms with Crippen molar-refractivity contribution in [1.29, 1.82) is 0 Å². The number of nitrogens with zero attached hydrogens (tertiary/aromatic N) is 3. The fourth-order valence-electron chi connectivity index (χ4n) is 3.83. The standard InChI is InChI=1S/C20H25F2N5O4/c1-10(2)9-26-17-13(15(28)23-7-11-5-20(21,22)6-11)8-24-27(17)19(31)14(18(26)30)16(29)25-12-3-4-12/h8,10-12,30H,3-7,9H2,1-2H3,(H,23,28)(H,25,29). The van der Waals surface area contributed by atoms with Crippen molar-refractivity contribution in [1.82, 2.24) is 24.8 Å². The van der Waals surface area contributed by atoms with E-state index in [0.717, 1.165) is 17.4 Å². The van der Waals surface area contributed by atoms with Crippen LogP contribution in [0.25, 0.3) is 5.65 Å². The van der Waals surface area contributed by atoms with Crippen LogP contribution in [0.1, 0.15) is 60.2 Å². The fourth-order valence-corrected chi connectivity index (χ4v) is 3.83. The van der Waals surface area contributed by atoms with Gasteiger partial charge in [-0.2, -0.15) is 9.61 Å². The zero-order chi connectivity index (χ0) is 22.5. The zero-order valence-corrected chi connectivity index (χ0v) is 17.3. The molecule has 0 aliphatic heterocycles. The highest BCUT2D eigenvalue weighted by Gasteiger charge is 2.45. The van der Waals surface area contributed by atoms with Crippen molar-refractivity contribution in [2.75, 3.05) is 6.54 Å². The molecule has 2 amide bonds. The third-order valence-electron chi connectivity index (χ3n) is 5.54. The Kier molecular flexibility index (Phi) is 5.22. The molecule has 0 aromatic carbocycles. The van der Waals surface area contributed by atoms with Gasteiger partial charge in [-0.15, -0.1) is 0 Å². The van der Waals surface area contributed by atoms with Gasteiger partial charge in [-0.05, 0) is 24.7 Å². The van der Waals surface area contributed by atoms with Gasteiger partial charge in [0.2, 0.25) is 11.8 Å². The smallest absolute Gasteiger partial charge is 0.291 e. The van der Waals surface area contributed by atoms with Crippen molar-refractivity contribution >= 4 is 17.5 Å². The predicted molar refractivity (Wildman–Crippen MR) is 106 cm³/mol. The first-order valence-electron chi connectivity index (χ1n) is 10.4. The van der Waals surface area contributed by atoms with Crippen LogP contribution in [0, 0.1) is 11.8 Å². The molecule has 11 heteroatoms. The van der Waals surface area contributed by atoms with E-state index in [2.05, 4.69) is 15.7 Å². The lowest BCUT2D eigenvalue weighted by Gasteiger charge is -2.34. The average molecular weight is 437 g/mol. The highest BCUT2D eigenvalue weighted by atomic mass is 19.3. The first-order valence-corrected chi connectivity index (χ1v) is 10.4. The van der Waals surface area contributed by atoms with Gasteiger partial charge in [0.15, 0.2) is 11.2 Å². The minimum Gasteiger partial charge on any atom is -0.494 e. The average Bonchev–Trinajstić information content (AvgIpc) is 3.35. The Bertz CT molecular complexity index is 1100. The van der Waals surface area contributed by atoms with E-state index in [4.69, 9.17) is 0 Å². The highest BCUT2D eigenvalue weighted by Crippen LogP contribution is 2.41. The molecule has 2 aliphatic rings. The molecular weight excluding hydrogens is 412 g/mol. The molecule has 4 rings (SSSR count). The third kappa shape index (κ3) is 4.13. The number of halogens is 2. The monoisotopic (exact) mass is 437 g/mol. The van der Waals surface area contributed by atoms with E-state index in [1.165, 1.54) is 10.8 Å². The summed E-state index contributed by atoms with van der Waals surface area (Å²) in [5.74, 6) is -4.78. The van der Waals surface area contributed by atoms with Gasteiger partial charge in [0.25, 0.3) is 17.4 Å². The zero-order valence-electron chi connectivity index (χ0n) is 17.3. The molecule has 2 saturated carbocycles. The largest absolute Gasteiger partial charge is 0.494 e. The Morgan fingerprint density at radius 2 is 1.97 bits per heavy atom. The molecule has 0 bridgehead atoms. The van der Waals surface area contributed by atoms with E-state index >= 15 is 0 Å². The number of aromatic hydroxyl groups is 1. The first kappa shape index (κ1) is 21.3. The molecule has 0 atom stereocenters. The molecule has 2 fully saturated rings. The maximum absolute atomic E-state index is 13.0. The Labute approximate surface area is 176 Å². The fraction of sp³-hybridized carbons (Fsp3) is 0.600. The van der Waals surface area contributed by atoms with Crippen LogP contribution < -0.4 is 16.2 Å². The number of amides is 2. The van der Waals surface area contributed by atoms with Crippen molar-refractivity contribution in [3.8, 4) is 5.88 Å². The van der Waals surface area contributed by atoms with Crippen LogP contribution in [0.15, 0.2) is 11.0 Å². The Morgan fingerprint density at radius 1 is 1.29 bits per heavy atom. The Balaban J connectivity index is 1.69. The molecule has 2 aromatic heterocycles. The molecule has 9 nitrogen and oxygen atoms in total. The third-order valence-corrected chi connectivity index (χ3v) is 5.54. The SMILES string of the molecule is CC(C)Cn1c(O)c(C(=O)NC2CC2)c(=O)n2ncc(C(=O)NCC3CC(F)(F)C3)c12. The van der Waals surface area contributed by atoms with Crippen molar-refractivity contribution in [2.24, 2.45) is 11.8 Å². The second-order valence-corrected chi connectivity index (χ2v) is 8.89. The van der Waals surface area contributed by atoms with E-state index in [9.17, 15) is 28.3 Å². The van der Waals surface area contributed by atoms with Crippen LogP contribution in [-0.2, 0) is 6.54 Å². The van der Waals surface area contributed by atoms with Crippen LogP contribution in [0.4, 0.5) is 8.78 Å². The minimum atomic E-state index is -2.68. The van der Waals surface area contributed by atoms with Gasteiger partial charge in [-0.1, -0.05) is 13.8 Å². The van der Waals surface area contributed by atoms with Gasteiger partial charge >= 0.3 is 0 Å². The first-order chi connectivity index (χ1) is 14.6. The molecule has 3 N–H and O–H groups in total. The molecule has 168 valence electrons. The topological polar surface area (TPSA) is 118 Å². The normalized spacial score (nSPS) is 18.2. The summed E-state index contributed by atoms with van der Waals surface area (Å²) in [6, 6.07) is -0.0154. The lowest BCUT2D eigenvalue weighted by Crippen LogP contribution is -2.42. The van der Waals surface area contributed by atoms with Gasteiger partial charge in [-0.3, -0.25) is 19.0 Å². The van der Waals surface area contributed by atoms with Crippen LogP contribution in [0.3, 0.4) is 0 Å². The number of nitrogens with one attached hydrogen (secondary N) is 2. The van der Waals surface area contributed by atoms with E-state index in [1.807, 2.05) is 13.8 Å². The van der Waals surface area contributed by atoms with E-state index in [1.54, 1.807) is 0 Å². The summed E-state index contributed by atoms with van der Waals surface area (Å²) in [7, 11) is 0. The van der Waals surface area contributed by atoms with Crippen molar-refractivity contribution in [3.63, 3.8) is 0 Å². The number of carbonyl (C=O) groups is 2. The summed E-state index contributed by atoms with van der Waals surface area (Å²) < 4.78 is 28.3. The quantitative estimate of drug-likeness (QED) is 0.607. The number of rotatable bonds is 7. The number of alkyl halides is 2. The summed E-state index contributed by atoms with van der Waals surface area (Å²) in [6.45, 7) is 4.06. The second-order valence-electron chi connectivity index (χ2n) is 8.89. The molecule has 0 saturated heterocycles. The van der Waals surface area contributed by atoms with Crippen molar-refractivity contribution in [2.45, 2.75) is 58.0 Å². The maximum atomic E-state index is 13.0. The van der Waals surface area contributed by atoms with Crippen LogP contribution in [0.2, 0.25) is 0 Å². The van der Waals surface area contributed by atoms with E-state index < -0.39 is 34.7 Å². The molecule has 2 aromatic rings. The summed E-state index contributed by atoms with van der Waals surface area (Å²) in [6.07, 6.45) is 2.25. The van der Waals surface area contributed by atoms with Crippen LogP contribution in [-0.4, -0.2) is 49.6 Å². The Morgan fingerprint density at radius 3 is 2.55 bits per heavy atom.